The van der Waals surface area contributed by atoms with Crippen LogP contribution in [0.25, 0.3) is 0 Å². The maximum atomic E-state index is 13.1. The Balaban J connectivity index is 1.53. The molecule has 2 aromatic rings. The fourth-order valence-electron chi connectivity index (χ4n) is 4.10. The summed E-state index contributed by atoms with van der Waals surface area (Å²) in [6.45, 7) is 0. The molecular formula is C18H21N3O2S. The van der Waals surface area contributed by atoms with E-state index in [4.69, 9.17) is 0 Å². The van der Waals surface area contributed by atoms with Crippen LogP contribution in [0.3, 0.4) is 0 Å². The number of aryl methyl sites for hydroxylation is 1. The van der Waals surface area contributed by atoms with Gasteiger partial charge in [-0.15, -0.1) is 11.3 Å². The van der Waals surface area contributed by atoms with Crippen molar-refractivity contribution in [3.05, 3.63) is 50.1 Å². The van der Waals surface area contributed by atoms with E-state index in [9.17, 15) is 9.59 Å². The number of nitrogens with one attached hydrogen (secondary N) is 2. The number of fused-ring (bicyclic) bond motifs is 1. The second kappa shape index (κ2) is 6.16. The summed E-state index contributed by atoms with van der Waals surface area (Å²) >= 11 is 1.68. The van der Waals surface area contributed by atoms with Gasteiger partial charge in [-0.2, -0.15) is 5.10 Å². The third-order valence-electron chi connectivity index (χ3n) is 5.39. The number of hydrogen-bond acceptors (Lipinski definition) is 4. The number of aromatic amines is 1. The van der Waals surface area contributed by atoms with Crippen molar-refractivity contribution in [3.8, 4) is 0 Å². The molecule has 2 aliphatic carbocycles. The molecule has 0 spiro atoms. The highest BCUT2D eigenvalue weighted by Gasteiger charge is 2.44. The maximum Gasteiger partial charge on any atom is 0.264 e. The van der Waals surface area contributed by atoms with E-state index < -0.39 is 0 Å². The molecule has 24 heavy (non-hydrogen) atoms. The van der Waals surface area contributed by atoms with E-state index in [0.29, 0.717) is 6.42 Å². The van der Waals surface area contributed by atoms with Gasteiger partial charge in [-0.1, -0.05) is 18.9 Å². The van der Waals surface area contributed by atoms with Crippen molar-refractivity contribution in [3.63, 3.8) is 0 Å². The van der Waals surface area contributed by atoms with Gasteiger partial charge in [-0.05, 0) is 49.1 Å². The summed E-state index contributed by atoms with van der Waals surface area (Å²) < 4.78 is 0. The molecule has 0 saturated heterocycles. The van der Waals surface area contributed by atoms with Gasteiger partial charge in [0.1, 0.15) is 0 Å². The van der Waals surface area contributed by atoms with Crippen LogP contribution in [-0.4, -0.2) is 22.1 Å². The van der Waals surface area contributed by atoms with E-state index >= 15 is 0 Å². The van der Waals surface area contributed by atoms with E-state index in [1.54, 1.807) is 17.4 Å². The van der Waals surface area contributed by atoms with Crippen LogP contribution in [-0.2, 0) is 23.1 Å². The molecule has 1 unspecified atom stereocenters. The van der Waals surface area contributed by atoms with Gasteiger partial charge in [0.05, 0.1) is 11.1 Å². The molecule has 6 heteroatoms. The number of nitrogens with zero attached hydrogens (tertiary/aromatic N) is 1. The van der Waals surface area contributed by atoms with Crippen LogP contribution >= 0.6 is 11.3 Å². The Labute approximate surface area is 144 Å². The Bertz CT molecular complexity index is 791. The van der Waals surface area contributed by atoms with Gasteiger partial charge in [0, 0.05) is 17.0 Å². The molecule has 2 aliphatic rings. The minimum atomic E-state index is -0.346. The van der Waals surface area contributed by atoms with Gasteiger partial charge in [-0.3, -0.25) is 9.59 Å². The van der Waals surface area contributed by atoms with Crippen molar-refractivity contribution in [2.75, 3.05) is 0 Å². The van der Waals surface area contributed by atoms with Crippen LogP contribution in [0.15, 0.2) is 28.4 Å². The van der Waals surface area contributed by atoms with Gasteiger partial charge in [0.2, 0.25) is 5.91 Å². The van der Waals surface area contributed by atoms with E-state index in [2.05, 4.69) is 27.0 Å². The first-order valence-corrected chi connectivity index (χ1v) is 9.48. The minimum Gasteiger partial charge on any atom is -0.352 e. The summed E-state index contributed by atoms with van der Waals surface area (Å²) in [4.78, 5) is 25.8. The highest BCUT2D eigenvalue weighted by molar-refractivity contribution is 7.10. The zero-order valence-electron chi connectivity index (χ0n) is 13.5. The molecule has 2 heterocycles. The summed E-state index contributed by atoms with van der Waals surface area (Å²) in [5, 5.41) is 11.9. The Kier molecular flexibility index (Phi) is 4.00. The maximum absolute atomic E-state index is 13.1. The van der Waals surface area contributed by atoms with E-state index in [1.165, 1.54) is 4.88 Å². The third-order valence-corrected chi connectivity index (χ3v) is 6.47. The van der Waals surface area contributed by atoms with Crippen LogP contribution in [0.4, 0.5) is 0 Å². The second-order valence-electron chi connectivity index (χ2n) is 6.88. The highest BCUT2D eigenvalue weighted by Crippen LogP contribution is 2.43. The Morgan fingerprint density at radius 3 is 2.96 bits per heavy atom. The molecule has 4 rings (SSSR count). The van der Waals surface area contributed by atoms with Gasteiger partial charge in [0.15, 0.2) is 0 Å². The molecule has 0 aliphatic heterocycles. The summed E-state index contributed by atoms with van der Waals surface area (Å²) in [6, 6.07) is 5.83. The zero-order chi connectivity index (χ0) is 16.6. The van der Waals surface area contributed by atoms with Gasteiger partial charge < -0.3 is 5.32 Å². The topological polar surface area (TPSA) is 74.8 Å². The molecule has 1 atom stereocenters. The van der Waals surface area contributed by atoms with Crippen LogP contribution in [0.1, 0.15) is 48.2 Å². The lowest BCUT2D eigenvalue weighted by molar-refractivity contribution is -0.127. The molecule has 2 aromatic heterocycles. The number of carbonyl (C=O) groups excluding carboxylic acids is 1. The van der Waals surface area contributed by atoms with E-state index in [1.807, 2.05) is 6.07 Å². The highest BCUT2D eigenvalue weighted by atomic mass is 32.1. The van der Waals surface area contributed by atoms with Gasteiger partial charge >= 0.3 is 0 Å². The first-order valence-electron chi connectivity index (χ1n) is 8.60. The molecule has 1 saturated carbocycles. The van der Waals surface area contributed by atoms with Gasteiger partial charge in [-0.25, -0.2) is 5.10 Å². The predicted octanol–water partition coefficient (Wildman–Crippen LogP) is 2.32. The van der Waals surface area contributed by atoms with Crippen molar-refractivity contribution >= 4 is 17.2 Å². The largest absolute Gasteiger partial charge is 0.352 e. The first kappa shape index (κ1) is 15.6. The minimum absolute atomic E-state index is 0.0889. The summed E-state index contributed by atoms with van der Waals surface area (Å²) in [5.41, 5.74) is 1.40. The van der Waals surface area contributed by atoms with Crippen molar-refractivity contribution in [2.24, 2.45) is 0 Å². The monoisotopic (exact) mass is 343 g/mol. The average Bonchev–Trinajstić information content (AvgIpc) is 3.26. The van der Waals surface area contributed by atoms with Crippen molar-refractivity contribution in [1.29, 1.82) is 0 Å². The molecule has 0 aromatic carbocycles. The molecule has 0 bridgehead atoms. The quantitative estimate of drug-likeness (QED) is 0.898. The van der Waals surface area contributed by atoms with Crippen molar-refractivity contribution in [2.45, 2.75) is 56.4 Å². The Morgan fingerprint density at radius 2 is 2.21 bits per heavy atom. The summed E-state index contributed by atoms with van der Waals surface area (Å²) in [7, 11) is 0. The first-order chi connectivity index (χ1) is 11.7. The molecule has 0 radical (unpaired) electrons. The third kappa shape index (κ3) is 2.69. The average molecular weight is 343 g/mol. The van der Waals surface area contributed by atoms with Crippen LogP contribution in [0.5, 0.6) is 0 Å². The number of carbonyl (C=O) groups is 1. The number of H-pyrrole nitrogens is 1. The van der Waals surface area contributed by atoms with Crippen LogP contribution in [0, 0.1) is 0 Å². The smallest absolute Gasteiger partial charge is 0.264 e. The van der Waals surface area contributed by atoms with Crippen LogP contribution in [0.2, 0.25) is 0 Å². The van der Waals surface area contributed by atoms with Crippen molar-refractivity contribution in [1.82, 2.24) is 15.5 Å². The Hall–Kier alpha value is -1.95. The lowest BCUT2D eigenvalue weighted by Gasteiger charge is -2.31. The summed E-state index contributed by atoms with van der Waals surface area (Å²) in [6.07, 6.45) is 6.45. The molecule has 126 valence electrons. The van der Waals surface area contributed by atoms with E-state index in [-0.39, 0.29) is 22.9 Å². The standard InChI is InChI=1S/C18H21N3O2S/c22-16-11-12-10-13(5-6-14(12)20-21-16)19-17(23)18(7-1-2-8-18)15-4-3-9-24-15/h3-4,9,11,13H,1-2,5-8,10H2,(H,19,23)(H,21,22). The molecular weight excluding hydrogens is 322 g/mol. The van der Waals surface area contributed by atoms with Gasteiger partial charge in [0.25, 0.3) is 5.56 Å². The SMILES string of the molecule is O=C(NC1CCc2n[nH]c(=O)cc2C1)C1(c2cccs2)CCCC1. The number of rotatable bonds is 3. The summed E-state index contributed by atoms with van der Waals surface area (Å²) in [5.74, 6) is 0.161. The Morgan fingerprint density at radius 1 is 1.38 bits per heavy atom. The molecule has 5 nitrogen and oxygen atoms in total. The predicted molar refractivity (Wildman–Crippen MR) is 93.3 cm³/mol. The normalized spacial score (nSPS) is 22.1. The lowest BCUT2D eigenvalue weighted by Crippen LogP contribution is -2.48. The lowest BCUT2D eigenvalue weighted by atomic mass is 9.82. The molecule has 2 N–H and O–H groups in total. The molecule has 1 amide bonds. The van der Waals surface area contributed by atoms with E-state index in [0.717, 1.165) is 49.8 Å². The fraction of sp³-hybridized carbons (Fsp3) is 0.500. The number of thiophene rings is 1. The van der Waals surface area contributed by atoms with Crippen molar-refractivity contribution < 1.29 is 4.79 Å². The number of amides is 1. The fourth-order valence-corrected chi connectivity index (χ4v) is 5.08. The second-order valence-corrected chi connectivity index (χ2v) is 7.83. The zero-order valence-corrected chi connectivity index (χ0v) is 14.3. The number of aromatic nitrogens is 2. The molecule has 1 fully saturated rings. The van der Waals surface area contributed by atoms with Crippen LogP contribution < -0.4 is 10.9 Å². The number of hydrogen-bond donors (Lipinski definition) is 2.